The van der Waals surface area contributed by atoms with E-state index in [1.165, 1.54) is 94.3 Å². The molecule has 3 aliphatic carbocycles. The third-order valence-electron chi connectivity index (χ3n) is 13.7. The first kappa shape index (κ1) is 35.8. The number of fused-ring (bicyclic) bond motifs is 9. The summed E-state index contributed by atoms with van der Waals surface area (Å²) in [4.78, 5) is 2.53. The molecule has 12 rings (SSSR count). The summed E-state index contributed by atoms with van der Waals surface area (Å²) in [5.74, 6) is 1.47. The molecule has 1 heterocycles. The van der Waals surface area contributed by atoms with Crippen molar-refractivity contribution >= 4 is 32.9 Å². The lowest BCUT2D eigenvalue weighted by Crippen LogP contribution is -2.22. The van der Waals surface area contributed by atoms with Gasteiger partial charge in [-0.15, -0.1) is 0 Å². The highest BCUT2D eigenvalue weighted by atomic mass is 16.5. The number of ether oxygens (including phenoxy) is 1. The zero-order valence-electron chi connectivity index (χ0n) is 34.4. The van der Waals surface area contributed by atoms with Gasteiger partial charge in [-0.3, -0.25) is 0 Å². The summed E-state index contributed by atoms with van der Waals surface area (Å²) in [5, 5.41) is 5.15. The molecular weight excluding hydrogens is 739 g/mol. The molecule has 8 aromatic rings. The molecule has 0 N–H and O–H groups in total. The average molecular weight is 784 g/mol. The Balaban J connectivity index is 0.967. The topological polar surface area (TPSA) is 12.5 Å². The van der Waals surface area contributed by atoms with Crippen LogP contribution in [-0.4, -0.2) is 6.10 Å². The number of anilines is 2. The van der Waals surface area contributed by atoms with Gasteiger partial charge in [0.2, 0.25) is 0 Å². The lowest BCUT2D eigenvalue weighted by Gasteiger charge is -2.34. The van der Waals surface area contributed by atoms with Gasteiger partial charge in [0.25, 0.3) is 0 Å². The molecule has 0 spiro atoms. The smallest absolute Gasteiger partial charge is 0.128 e. The van der Waals surface area contributed by atoms with Gasteiger partial charge >= 0.3 is 0 Å². The van der Waals surface area contributed by atoms with Crippen LogP contribution < -0.4 is 9.64 Å². The largest absolute Gasteiger partial charge is 0.485 e. The van der Waals surface area contributed by atoms with E-state index in [2.05, 4.69) is 225 Å². The minimum Gasteiger partial charge on any atom is -0.485 e. The second kappa shape index (κ2) is 14.0. The Hall–Kier alpha value is -7.16. The molecule has 61 heavy (non-hydrogen) atoms. The minimum absolute atomic E-state index is 0.0554. The summed E-state index contributed by atoms with van der Waals surface area (Å²) in [7, 11) is 0. The molecule has 4 aliphatic rings. The average Bonchev–Trinajstić information content (AvgIpc) is 3.81. The van der Waals surface area contributed by atoms with E-state index in [0.717, 1.165) is 12.2 Å². The zero-order valence-corrected chi connectivity index (χ0v) is 34.4. The van der Waals surface area contributed by atoms with Crippen molar-refractivity contribution in [2.75, 3.05) is 4.90 Å². The zero-order chi connectivity index (χ0) is 40.7. The first-order valence-corrected chi connectivity index (χ1v) is 21.7. The molecule has 0 fully saturated rings. The van der Waals surface area contributed by atoms with E-state index in [1.807, 2.05) is 0 Å². The summed E-state index contributed by atoms with van der Waals surface area (Å²) >= 11 is 0. The molecule has 0 saturated heterocycles. The van der Waals surface area contributed by atoms with Gasteiger partial charge in [-0.25, -0.2) is 0 Å². The predicted molar refractivity (Wildman–Crippen MR) is 255 cm³/mol. The maximum absolute atomic E-state index is 6.71. The van der Waals surface area contributed by atoms with Crippen LogP contribution in [-0.2, 0) is 5.41 Å². The highest BCUT2D eigenvalue weighted by Gasteiger charge is 2.38. The van der Waals surface area contributed by atoms with Crippen LogP contribution in [0.5, 0.6) is 5.75 Å². The number of benzene rings is 8. The molecule has 0 saturated carbocycles. The minimum atomic E-state index is -0.223. The van der Waals surface area contributed by atoms with Crippen LogP contribution in [0.15, 0.2) is 212 Å². The maximum atomic E-state index is 6.71. The van der Waals surface area contributed by atoms with Crippen LogP contribution in [0.4, 0.5) is 11.4 Å². The van der Waals surface area contributed by atoms with Crippen molar-refractivity contribution in [3.05, 3.63) is 234 Å². The van der Waals surface area contributed by atoms with Crippen LogP contribution in [0.1, 0.15) is 54.4 Å². The molecule has 0 bridgehead atoms. The highest BCUT2D eigenvalue weighted by Crippen LogP contribution is 2.53. The van der Waals surface area contributed by atoms with E-state index in [0.29, 0.717) is 0 Å². The monoisotopic (exact) mass is 783 g/mol. The van der Waals surface area contributed by atoms with Crippen molar-refractivity contribution in [3.8, 4) is 39.1 Å². The molecule has 8 aromatic carbocycles. The maximum Gasteiger partial charge on any atom is 0.128 e. The molecule has 0 aromatic heterocycles. The fraction of sp³-hybridized carbons (Fsp3) is 0.119. The van der Waals surface area contributed by atoms with Gasteiger partial charge in [0.15, 0.2) is 0 Å². The standard InChI is InChI=1S/C59H45NO/c1-59(2)54-36-41(53-35-40-18-6-7-21-44(40)47-23-8-9-24-48(47)53)30-32-49(54)50-33-31-43(37-55(50)59)60(56-28-12-10-22-45(56)38-16-4-3-5-17-38)42-20-14-19-39(34-42)46-26-15-27-52-51-25-11-13-29-57(51)61-58(46)52/h3-33,35-37,39,51,57H,34H2,1-2H3. The second-order valence-corrected chi connectivity index (χ2v) is 17.5. The first-order valence-electron chi connectivity index (χ1n) is 21.7. The molecule has 0 amide bonds. The molecule has 2 heteroatoms. The lowest BCUT2D eigenvalue weighted by atomic mass is 9.81. The Labute approximate surface area is 358 Å². The van der Waals surface area contributed by atoms with Crippen molar-refractivity contribution in [2.45, 2.75) is 43.6 Å². The van der Waals surface area contributed by atoms with Gasteiger partial charge in [0.1, 0.15) is 11.9 Å². The van der Waals surface area contributed by atoms with Gasteiger partial charge < -0.3 is 9.64 Å². The van der Waals surface area contributed by atoms with Crippen LogP contribution in [0, 0.1) is 0 Å². The lowest BCUT2D eigenvalue weighted by molar-refractivity contribution is 0.266. The van der Waals surface area contributed by atoms with Crippen molar-refractivity contribution < 1.29 is 4.74 Å². The third kappa shape index (κ3) is 5.70. The number of nitrogens with zero attached hydrogens (tertiary/aromatic N) is 1. The Morgan fingerprint density at radius 2 is 1.25 bits per heavy atom. The number of para-hydroxylation sites is 2. The number of hydrogen-bond acceptors (Lipinski definition) is 2. The Morgan fingerprint density at radius 3 is 2.13 bits per heavy atom. The SMILES string of the molecule is CC1(C)c2cc(-c3cc4ccccc4c4ccccc34)ccc2-c2ccc(N(C3=CC=CC(c4cccc5c4OC4C=CC=CC54)C3)c3ccccc3-c3ccccc3)cc21. The number of rotatable bonds is 6. The Bertz CT molecular complexity index is 3200. The molecule has 292 valence electrons. The molecule has 2 nitrogen and oxygen atoms in total. The van der Waals surface area contributed by atoms with Gasteiger partial charge in [0.05, 0.1) is 5.69 Å². The summed E-state index contributed by atoms with van der Waals surface area (Å²) in [6.07, 6.45) is 16.6. The van der Waals surface area contributed by atoms with Crippen molar-refractivity contribution in [1.82, 2.24) is 0 Å². The molecule has 3 unspecified atom stereocenters. The van der Waals surface area contributed by atoms with Crippen molar-refractivity contribution in [1.29, 1.82) is 0 Å². The Morgan fingerprint density at radius 1 is 0.525 bits per heavy atom. The summed E-state index contributed by atoms with van der Waals surface area (Å²) in [6, 6.07) is 60.8. The first-order chi connectivity index (χ1) is 30.0. The molecule has 0 radical (unpaired) electrons. The van der Waals surface area contributed by atoms with Gasteiger partial charge in [-0.1, -0.05) is 178 Å². The van der Waals surface area contributed by atoms with E-state index in [4.69, 9.17) is 4.74 Å². The van der Waals surface area contributed by atoms with Crippen molar-refractivity contribution in [2.24, 2.45) is 0 Å². The van der Waals surface area contributed by atoms with Crippen LogP contribution in [0.3, 0.4) is 0 Å². The fourth-order valence-corrected chi connectivity index (χ4v) is 10.7. The summed E-state index contributed by atoms with van der Waals surface area (Å²) in [6.45, 7) is 4.81. The number of hydrogen-bond donors (Lipinski definition) is 0. The highest BCUT2D eigenvalue weighted by molar-refractivity contribution is 6.14. The van der Waals surface area contributed by atoms with E-state index < -0.39 is 0 Å². The van der Waals surface area contributed by atoms with Crippen molar-refractivity contribution in [3.63, 3.8) is 0 Å². The molecular formula is C59H45NO. The summed E-state index contributed by atoms with van der Waals surface area (Å²) in [5.41, 5.74) is 16.2. The fourth-order valence-electron chi connectivity index (χ4n) is 10.7. The van der Waals surface area contributed by atoms with Gasteiger partial charge in [-0.05, 0) is 109 Å². The summed E-state index contributed by atoms with van der Waals surface area (Å²) < 4.78 is 6.71. The van der Waals surface area contributed by atoms with Crippen LogP contribution >= 0.6 is 0 Å². The predicted octanol–water partition coefficient (Wildman–Crippen LogP) is 15.4. The molecule has 3 atom stereocenters. The second-order valence-electron chi connectivity index (χ2n) is 17.5. The van der Waals surface area contributed by atoms with E-state index in [9.17, 15) is 0 Å². The Kier molecular flexibility index (Phi) is 8.19. The van der Waals surface area contributed by atoms with Gasteiger partial charge in [-0.2, -0.15) is 0 Å². The van der Waals surface area contributed by atoms with E-state index in [-0.39, 0.29) is 23.4 Å². The number of allylic oxidation sites excluding steroid dienone is 6. The molecule has 1 aliphatic heterocycles. The van der Waals surface area contributed by atoms with E-state index >= 15 is 0 Å². The van der Waals surface area contributed by atoms with Crippen LogP contribution in [0.2, 0.25) is 0 Å². The third-order valence-corrected chi connectivity index (χ3v) is 13.7. The van der Waals surface area contributed by atoms with Gasteiger partial charge in [0, 0.05) is 45.3 Å². The quantitative estimate of drug-likeness (QED) is 0.156. The van der Waals surface area contributed by atoms with Crippen LogP contribution in [0.25, 0.3) is 54.9 Å². The normalized spacial score (nSPS) is 18.9. The van der Waals surface area contributed by atoms with E-state index in [1.54, 1.807) is 0 Å².